The molecule has 6 fully saturated rings. The lowest BCUT2D eigenvalue weighted by molar-refractivity contribution is -0.967. The summed E-state index contributed by atoms with van der Waals surface area (Å²) in [5.74, 6) is 4.48. The molecule has 3 aromatic heterocycles. The second kappa shape index (κ2) is 16.2. The van der Waals surface area contributed by atoms with Crippen LogP contribution >= 0.6 is 0 Å². The summed E-state index contributed by atoms with van der Waals surface area (Å²) in [6, 6.07) is 24.8. The van der Waals surface area contributed by atoms with Crippen LogP contribution < -0.4 is 18.9 Å². The normalized spacial score (nSPS) is 27.7. The predicted octanol–water partition coefficient (Wildman–Crippen LogP) is 9.48. The Bertz CT molecular complexity index is 2630. The van der Waals surface area contributed by atoms with Gasteiger partial charge in [-0.2, -0.15) is 0 Å². The second-order valence-electron chi connectivity index (χ2n) is 17.6. The van der Waals surface area contributed by atoms with E-state index in [0.717, 1.165) is 118 Å². The Morgan fingerprint density at radius 3 is 1.90 bits per heavy atom. The van der Waals surface area contributed by atoms with E-state index in [-0.39, 0.29) is 24.3 Å². The summed E-state index contributed by atoms with van der Waals surface area (Å²) in [6.45, 7) is 17.6. The molecule has 6 aliphatic rings. The summed E-state index contributed by atoms with van der Waals surface area (Å²) in [4.78, 5) is 12.1. The van der Waals surface area contributed by atoms with Crippen LogP contribution in [0.3, 0.4) is 0 Å². The Balaban J connectivity index is 1.09. The molecule has 0 N–H and O–H groups in total. The number of quaternary nitrogens is 1. The van der Waals surface area contributed by atoms with Gasteiger partial charge in [-0.15, -0.1) is 23.4 Å². The smallest absolute Gasteiger partial charge is 0.242 e. The van der Waals surface area contributed by atoms with Crippen LogP contribution in [0.4, 0.5) is 0 Å². The Labute approximate surface area is 358 Å². The van der Waals surface area contributed by atoms with E-state index < -0.39 is 0 Å². The lowest BCUT2D eigenvalue weighted by atomic mass is 9.71. The molecule has 6 saturated heterocycles. The van der Waals surface area contributed by atoms with Crippen molar-refractivity contribution in [2.75, 3.05) is 46.9 Å². The van der Waals surface area contributed by atoms with Crippen LogP contribution in [-0.4, -0.2) is 88.6 Å². The standard InChI is InChI=1S/C51H55N6O4/c1-6-24-57-25-20-35(33(8-3)31-57)27-47(57)49(39-18-22-53-45-16-14-37(59-5)29-43(39)45)61-51-41-12-10-9-11-40(41)50(54-55-51)60-48(46-26-34-19-23-56(46)30-32(34)7-2)38-17-21-52-44-15-13-36(58-4)28-42(38)44/h6-18,21-22,28-29,32-35,46-49H,1-3,19-20,23-27,30-31H2,4-5H3/q+1/t32-,33-,34-,35-,46-,47-,48+,49+,57-/m0/s1. The number of benzene rings is 3. The van der Waals surface area contributed by atoms with Gasteiger partial charge in [0.25, 0.3) is 0 Å². The highest BCUT2D eigenvalue weighted by Gasteiger charge is 2.55. The SMILES string of the molecule is C=CC[N@@+]12CC[C@@H](C[C@H]1[C@H](Oc1nnc(O[C@H](c3ccnc4ccc(OC)cc34)[C@@H]3C[C@@H]4CCN3C[C@@H]4C=C)c3ccccc13)c1ccnc3ccc(OC)cc13)[C@@H](C=C)C2. The molecule has 10 heteroatoms. The first-order valence-corrected chi connectivity index (χ1v) is 21.8. The molecule has 10 atom stereocenters. The molecule has 0 aliphatic carbocycles. The molecule has 6 aliphatic heterocycles. The van der Waals surface area contributed by atoms with Crippen molar-refractivity contribution in [3.63, 3.8) is 0 Å². The fraction of sp³-hybridized carbons (Fsp3) is 0.373. The Hall–Kier alpha value is -5.84. The van der Waals surface area contributed by atoms with Gasteiger partial charge in [0.15, 0.2) is 6.10 Å². The van der Waals surface area contributed by atoms with E-state index in [0.29, 0.717) is 35.4 Å². The molecule has 12 rings (SSSR count). The second-order valence-corrected chi connectivity index (χ2v) is 17.6. The summed E-state index contributed by atoms with van der Waals surface area (Å²) in [5, 5.41) is 13.6. The van der Waals surface area contributed by atoms with Crippen molar-refractivity contribution in [2.45, 2.75) is 50.0 Å². The van der Waals surface area contributed by atoms with Crippen LogP contribution in [-0.2, 0) is 0 Å². The third-order valence-electron chi connectivity index (χ3n) is 14.7. The average molecular weight is 816 g/mol. The van der Waals surface area contributed by atoms with Gasteiger partial charge in [0.2, 0.25) is 11.8 Å². The molecule has 6 aromatic rings. The quantitative estimate of drug-likeness (QED) is 0.0788. The summed E-state index contributed by atoms with van der Waals surface area (Å²) >= 11 is 0. The molecule has 3 aromatic carbocycles. The number of fused-ring (bicyclic) bond motifs is 9. The zero-order chi connectivity index (χ0) is 41.7. The monoisotopic (exact) mass is 815 g/mol. The van der Waals surface area contributed by atoms with Gasteiger partial charge < -0.3 is 23.4 Å². The van der Waals surface area contributed by atoms with Crippen LogP contribution in [0.25, 0.3) is 32.6 Å². The van der Waals surface area contributed by atoms with Crippen molar-refractivity contribution >= 4 is 32.6 Å². The van der Waals surface area contributed by atoms with Crippen LogP contribution in [0, 0.1) is 23.7 Å². The Kier molecular flexibility index (Phi) is 10.4. The van der Waals surface area contributed by atoms with E-state index in [1.807, 2.05) is 48.8 Å². The molecule has 9 heterocycles. The van der Waals surface area contributed by atoms with Crippen LogP contribution in [0.15, 0.2) is 123 Å². The van der Waals surface area contributed by atoms with Gasteiger partial charge in [-0.05, 0) is 104 Å². The molecular formula is C51H55N6O4+. The minimum atomic E-state index is -0.370. The highest BCUT2D eigenvalue weighted by Crippen LogP contribution is 2.50. The molecule has 312 valence electrons. The molecule has 61 heavy (non-hydrogen) atoms. The van der Waals surface area contributed by atoms with Crippen molar-refractivity contribution in [1.29, 1.82) is 0 Å². The molecular weight excluding hydrogens is 761 g/mol. The highest BCUT2D eigenvalue weighted by molar-refractivity contribution is 5.91. The number of methoxy groups -OCH3 is 2. The van der Waals surface area contributed by atoms with E-state index in [1.165, 1.54) is 0 Å². The summed E-state index contributed by atoms with van der Waals surface area (Å²) in [5.41, 5.74) is 3.89. The number of piperidine rings is 6. The maximum Gasteiger partial charge on any atom is 0.242 e. The number of rotatable bonds is 14. The van der Waals surface area contributed by atoms with Gasteiger partial charge in [-0.3, -0.25) is 14.9 Å². The van der Waals surface area contributed by atoms with Crippen LogP contribution in [0.5, 0.6) is 23.3 Å². The van der Waals surface area contributed by atoms with Crippen molar-refractivity contribution in [1.82, 2.24) is 25.1 Å². The first-order valence-electron chi connectivity index (χ1n) is 21.8. The number of pyridine rings is 2. The van der Waals surface area contributed by atoms with Gasteiger partial charge in [0.1, 0.15) is 23.6 Å². The molecule has 0 saturated carbocycles. The van der Waals surface area contributed by atoms with Gasteiger partial charge in [-0.1, -0.05) is 30.9 Å². The lowest BCUT2D eigenvalue weighted by Crippen LogP contribution is -2.68. The highest BCUT2D eigenvalue weighted by atomic mass is 16.5. The van der Waals surface area contributed by atoms with Gasteiger partial charge in [0, 0.05) is 59.6 Å². The maximum absolute atomic E-state index is 7.42. The zero-order valence-corrected chi connectivity index (χ0v) is 35.2. The predicted molar refractivity (Wildman–Crippen MR) is 240 cm³/mol. The molecule has 0 radical (unpaired) electrons. The van der Waals surface area contributed by atoms with Gasteiger partial charge in [-0.25, -0.2) is 0 Å². The number of hydrogen-bond acceptors (Lipinski definition) is 9. The molecule has 0 amide bonds. The first-order chi connectivity index (χ1) is 29.9. The third kappa shape index (κ3) is 6.90. The minimum Gasteiger partial charge on any atom is -0.497 e. The maximum atomic E-state index is 7.42. The Morgan fingerprint density at radius 1 is 0.721 bits per heavy atom. The largest absolute Gasteiger partial charge is 0.497 e. The topological polar surface area (TPSA) is 91.7 Å². The van der Waals surface area contributed by atoms with Crippen molar-refractivity contribution in [2.24, 2.45) is 23.7 Å². The summed E-state index contributed by atoms with van der Waals surface area (Å²) in [6.07, 6.45) is 13.7. The summed E-state index contributed by atoms with van der Waals surface area (Å²) < 4.78 is 27.1. The van der Waals surface area contributed by atoms with Crippen molar-refractivity contribution in [3.05, 3.63) is 134 Å². The van der Waals surface area contributed by atoms with Gasteiger partial charge >= 0.3 is 0 Å². The van der Waals surface area contributed by atoms with E-state index in [2.05, 4.69) is 79.3 Å². The number of nitrogens with zero attached hydrogens (tertiary/aromatic N) is 6. The number of ether oxygens (including phenoxy) is 4. The Morgan fingerprint density at radius 2 is 1.33 bits per heavy atom. The van der Waals surface area contributed by atoms with Crippen LogP contribution in [0.2, 0.25) is 0 Å². The number of hydrogen-bond donors (Lipinski definition) is 0. The zero-order valence-electron chi connectivity index (χ0n) is 35.2. The number of aromatic nitrogens is 4. The molecule has 0 spiro atoms. The van der Waals surface area contributed by atoms with E-state index in [1.54, 1.807) is 14.2 Å². The third-order valence-corrected chi connectivity index (χ3v) is 14.7. The molecule has 4 bridgehead atoms. The molecule has 10 nitrogen and oxygen atoms in total. The fourth-order valence-electron chi connectivity index (χ4n) is 11.6. The minimum absolute atomic E-state index is 0.115. The van der Waals surface area contributed by atoms with Crippen LogP contribution in [0.1, 0.15) is 49.0 Å². The van der Waals surface area contributed by atoms with E-state index in [4.69, 9.17) is 39.1 Å². The van der Waals surface area contributed by atoms with Gasteiger partial charge in [0.05, 0.1) is 61.7 Å². The summed E-state index contributed by atoms with van der Waals surface area (Å²) in [7, 11) is 3.40. The van der Waals surface area contributed by atoms with E-state index >= 15 is 0 Å². The van der Waals surface area contributed by atoms with Crippen molar-refractivity contribution < 1.29 is 23.4 Å². The average Bonchev–Trinajstić information content (AvgIpc) is 3.32. The van der Waals surface area contributed by atoms with Crippen molar-refractivity contribution in [3.8, 4) is 23.3 Å². The van der Waals surface area contributed by atoms with E-state index in [9.17, 15) is 0 Å². The fourth-order valence-corrected chi connectivity index (χ4v) is 11.6. The molecule has 1 unspecified atom stereocenters. The lowest BCUT2D eigenvalue weighted by Gasteiger charge is -2.58. The first kappa shape index (κ1) is 39.3.